The van der Waals surface area contributed by atoms with Crippen LogP contribution in [0, 0.1) is 0 Å². The Balaban J connectivity index is 1.68. The van der Waals surface area contributed by atoms with Gasteiger partial charge in [0.1, 0.15) is 5.82 Å². The van der Waals surface area contributed by atoms with Crippen LogP contribution < -0.4 is 10.0 Å². The standard InChI is InChI=1S/C21H19N5O3S/c27-13-12-24-30(28,29)17-3-1-2-16(14-17)25-20-5-4-19-21(26-20)18(8-11-23-19)15-6-9-22-10-7-15/h1-11,14,24,27H,12-13H2,(H,25,26). The summed E-state index contributed by atoms with van der Waals surface area (Å²) in [5, 5.41) is 12.0. The third-order valence-corrected chi connectivity index (χ3v) is 5.85. The first-order valence-corrected chi connectivity index (χ1v) is 10.7. The van der Waals surface area contributed by atoms with Crippen LogP contribution in [0.2, 0.25) is 0 Å². The molecule has 9 heteroatoms. The molecular weight excluding hydrogens is 402 g/mol. The summed E-state index contributed by atoms with van der Waals surface area (Å²) in [5.41, 5.74) is 3.95. The van der Waals surface area contributed by atoms with E-state index >= 15 is 0 Å². The van der Waals surface area contributed by atoms with Crippen molar-refractivity contribution in [2.24, 2.45) is 0 Å². The number of sulfonamides is 1. The van der Waals surface area contributed by atoms with Gasteiger partial charge in [0.2, 0.25) is 10.0 Å². The van der Waals surface area contributed by atoms with E-state index in [1.165, 1.54) is 12.1 Å². The number of benzene rings is 1. The number of rotatable bonds is 7. The van der Waals surface area contributed by atoms with Gasteiger partial charge in [0, 0.05) is 36.4 Å². The molecule has 0 radical (unpaired) electrons. The Morgan fingerprint density at radius 2 is 1.80 bits per heavy atom. The lowest BCUT2D eigenvalue weighted by molar-refractivity contribution is 0.301. The number of nitrogens with zero attached hydrogens (tertiary/aromatic N) is 3. The Bertz CT molecular complexity index is 1280. The molecule has 4 rings (SSSR count). The monoisotopic (exact) mass is 421 g/mol. The molecule has 0 aliphatic carbocycles. The predicted molar refractivity (Wildman–Crippen MR) is 115 cm³/mol. The van der Waals surface area contributed by atoms with Crippen LogP contribution in [-0.4, -0.2) is 41.6 Å². The number of aromatic nitrogens is 3. The average molecular weight is 421 g/mol. The number of aliphatic hydroxyl groups is 1. The quantitative estimate of drug-likeness (QED) is 0.420. The molecule has 0 fully saturated rings. The van der Waals surface area contributed by atoms with Crippen LogP contribution in [0.1, 0.15) is 0 Å². The van der Waals surface area contributed by atoms with Gasteiger partial charge in [-0.25, -0.2) is 18.1 Å². The predicted octanol–water partition coefficient (Wildman–Crippen LogP) is 2.71. The minimum Gasteiger partial charge on any atom is -0.395 e. The molecule has 0 bridgehead atoms. The lowest BCUT2D eigenvalue weighted by Crippen LogP contribution is -2.26. The van der Waals surface area contributed by atoms with Crippen molar-refractivity contribution in [1.82, 2.24) is 19.7 Å². The van der Waals surface area contributed by atoms with Crippen molar-refractivity contribution in [1.29, 1.82) is 0 Å². The number of fused-ring (bicyclic) bond motifs is 1. The summed E-state index contributed by atoms with van der Waals surface area (Å²) in [7, 11) is -3.70. The van der Waals surface area contributed by atoms with Crippen LogP contribution in [0.4, 0.5) is 11.5 Å². The van der Waals surface area contributed by atoms with Crippen LogP contribution in [-0.2, 0) is 10.0 Å². The smallest absolute Gasteiger partial charge is 0.240 e. The van der Waals surface area contributed by atoms with Crippen molar-refractivity contribution in [2.45, 2.75) is 4.90 Å². The first-order chi connectivity index (χ1) is 14.6. The van der Waals surface area contributed by atoms with Crippen LogP contribution in [0.3, 0.4) is 0 Å². The minimum absolute atomic E-state index is 0.0446. The van der Waals surface area contributed by atoms with Crippen LogP contribution >= 0.6 is 0 Å². The molecule has 0 atom stereocenters. The molecule has 0 unspecified atom stereocenters. The van der Waals surface area contributed by atoms with Crippen molar-refractivity contribution < 1.29 is 13.5 Å². The third-order valence-electron chi connectivity index (χ3n) is 4.40. The Hall–Kier alpha value is -3.40. The molecule has 0 aliphatic heterocycles. The number of hydrogen-bond donors (Lipinski definition) is 3. The number of hydrogen-bond acceptors (Lipinski definition) is 7. The zero-order valence-corrected chi connectivity index (χ0v) is 16.7. The largest absolute Gasteiger partial charge is 0.395 e. The first-order valence-electron chi connectivity index (χ1n) is 9.20. The highest BCUT2D eigenvalue weighted by Gasteiger charge is 2.14. The van der Waals surface area contributed by atoms with E-state index in [-0.39, 0.29) is 18.0 Å². The second kappa shape index (κ2) is 8.54. The van der Waals surface area contributed by atoms with Gasteiger partial charge in [-0.3, -0.25) is 9.97 Å². The molecule has 3 N–H and O–H groups in total. The Labute approximate surface area is 173 Å². The van der Waals surface area contributed by atoms with E-state index in [1.807, 2.05) is 24.3 Å². The lowest BCUT2D eigenvalue weighted by Gasteiger charge is -2.11. The molecule has 8 nitrogen and oxygen atoms in total. The molecular formula is C21H19N5O3S. The summed E-state index contributed by atoms with van der Waals surface area (Å²) in [6, 6.07) is 15.8. The van der Waals surface area contributed by atoms with E-state index in [2.05, 4.69) is 20.0 Å². The van der Waals surface area contributed by atoms with E-state index in [0.29, 0.717) is 11.5 Å². The molecule has 4 aromatic rings. The fraction of sp³-hybridized carbons (Fsp3) is 0.0952. The maximum atomic E-state index is 12.3. The molecule has 1 aromatic carbocycles. The van der Waals surface area contributed by atoms with E-state index in [4.69, 9.17) is 10.1 Å². The van der Waals surface area contributed by atoms with Gasteiger partial charge < -0.3 is 10.4 Å². The van der Waals surface area contributed by atoms with Crippen LogP contribution in [0.25, 0.3) is 22.2 Å². The fourth-order valence-electron chi connectivity index (χ4n) is 3.01. The van der Waals surface area contributed by atoms with E-state index in [1.54, 1.807) is 36.8 Å². The summed E-state index contributed by atoms with van der Waals surface area (Å²) < 4.78 is 26.9. The highest BCUT2D eigenvalue weighted by Crippen LogP contribution is 2.27. The van der Waals surface area contributed by atoms with Gasteiger partial charge in [0.25, 0.3) is 0 Å². The van der Waals surface area contributed by atoms with E-state index < -0.39 is 10.0 Å². The molecule has 3 aromatic heterocycles. The van der Waals surface area contributed by atoms with Crippen molar-refractivity contribution in [3.63, 3.8) is 0 Å². The zero-order valence-electron chi connectivity index (χ0n) is 15.9. The summed E-state index contributed by atoms with van der Waals surface area (Å²) in [5.74, 6) is 0.559. The molecule has 30 heavy (non-hydrogen) atoms. The third kappa shape index (κ3) is 4.28. The normalized spacial score (nSPS) is 11.5. The fourth-order valence-corrected chi connectivity index (χ4v) is 4.08. The van der Waals surface area contributed by atoms with Crippen LogP contribution in [0.5, 0.6) is 0 Å². The van der Waals surface area contributed by atoms with Crippen molar-refractivity contribution in [2.75, 3.05) is 18.5 Å². The second-order valence-electron chi connectivity index (χ2n) is 6.43. The highest BCUT2D eigenvalue weighted by molar-refractivity contribution is 7.89. The van der Waals surface area contributed by atoms with Gasteiger partial charge in [0.15, 0.2) is 0 Å². The lowest BCUT2D eigenvalue weighted by atomic mass is 10.1. The summed E-state index contributed by atoms with van der Waals surface area (Å²) in [6.45, 7) is -0.316. The molecule has 0 saturated heterocycles. The Morgan fingerprint density at radius 3 is 2.60 bits per heavy atom. The topological polar surface area (TPSA) is 117 Å². The minimum atomic E-state index is -3.70. The molecule has 0 saturated carbocycles. The van der Waals surface area contributed by atoms with Crippen molar-refractivity contribution in [3.05, 3.63) is 73.2 Å². The molecule has 3 heterocycles. The van der Waals surface area contributed by atoms with Gasteiger partial charge in [-0.05, 0) is 54.1 Å². The highest BCUT2D eigenvalue weighted by atomic mass is 32.2. The first kappa shape index (κ1) is 19.9. The van der Waals surface area contributed by atoms with Gasteiger partial charge >= 0.3 is 0 Å². The summed E-state index contributed by atoms with van der Waals surface area (Å²) in [4.78, 5) is 13.2. The van der Waals surface area contributed by atoms with Crippen molar-refractivity contribution in [3.8, 4) is 11.1 Å². The number of nitrogens with one attached hydrogen (secondary N) is 2. The van der Waals surface area contributed by atoms with Gasteiger partial charge in [-0.2, -0.15) is 0 Å². The maximum absolute atomic E-state index is 12.3. The van der Waals surface area contributed by atoms with E-state index in [0.717, 1.165) is 22.2 Å². The SMILES string of the molecule is O=S(=O)(NCCO)c1cccc(Nc2ccc3nccc(-c4ccncc4)c3n2)c1. The number of pyridine rings is 3. The Kier molecular flexibility index (Phi) is 5.66. The molecule has 152 valence electrons. The van der Waals surface area contributed by atoms with E-state index in [9.17, 15) is 8.42 Å². The summed E-state index contributed by atoms with van der Waals surface area (Å²) in [6.07, 6.45) is 5.18. The van der Waals surface area contributed by atoms with Gasteiger partial charge in [0.05, 0.1) is 22.5 Å². The average Bonchev–Trinajstić information content (AvgIpc) is 2.78. The van der Waals surface area contributed by atoms with Gasteiger partial charge in [-0.1, -0.05) is 6.07 Å². The number of anilines is 2. The second-order valence-corrected chi connectivity index (χ2v) is 8.20. The zero-order chi connectivity index (χ0) is 21.0. The molecule has 0 spiro atoms. The molecule has 0 aliphatic rings. The van der Waals surface area contributed by atoms with Gasteiger partial charge in [-0.15, -0.1) is 0 Å². The summed E-state index contributed by atoms with van der Waals surface area (Å²) >= 11 is 0. The maximum Gasteiger partial charge on any atom is 0.240 e. The molecule has 0 amide bonds. The number of aliphatic hydroxyl groups excluding tert-OH is 1. The van der Waals surface area contributed by atoms with Crippen LogP contribution in [0.15, 0.2) is 78.1 Å². The van der Waals surface area contributed by atoms with Crippen molar-refractivity contribution >= 4 is 32.6 Å². The Morgan fingerprint density at radius 1 is 0.967 bits per heavy atom.